The molecule has 0 aromatic heterocycles. The zero-order valence-electron chi connectivity index (χ0n) is 30.6. The minimum atomic E-state index is -3.97. The highest BCUT2D eigenvalue weighted by molar-refractivity contribution is 7.93. The van der Waals surface area contributed by atoms with E-state index in [-0.39, 0.29) is 23.4 Å². The van der Waals surface area contributed by atoms with Crippen molar-refractivity contribution >= 4 is 66.3 Å². The zero-order valence-corrected chi connectivity index (χ0v) is 33.2. The summed E-state index contributed by atoms with van der Waals surface area (Å²) in [5.74, 6) is -0.952. The number of rotatable bonds is 19. The fourth-order valence-electron chi connectivity index (χ4n) is 5.32. The van der Waals surface area contributed by atoms with Crippen molar-refractivity contribution < 1.29 is 51.5 Å². The van der Waals surface area contributed by atoms with Gasteiger partial charge in [-0.05, 0) is 76.7 Å². The van der Waals surface area contributed by atoms with Crippen LogP contribution in [0.3, 0.4) is 0 Å². The van der Waals surface area contributed by atoms with E-state index in [1.54, 1.807) is 60.5 Å². The van der Waals surface area contributed by atoms with Gasteiger partial charge in [-0.25, -0.2) is 18.6 Å². The van der Waals surface area contributed by atoms with E-state index in [1.807, 2.05) is 31.1 Å². The van der Waals surface area contributed by atoms with Crippen molar-refractivity contribution in [1.29, 1.82) is 0 Å². The van der Waals surface area contributed by atoms with Crippen molar-refractivity contribution in [1.82, 2.24) is 10.3 Å². The lowest BCUT2D eigenvalue weighted by Crippen LogP contribution is -2.29. The number of esters is 1. The first kappa shape index (κ1) is 42.9. The van der Waals surface area contributed by atoms with Crippen LogP contribution < -0.4 is 19.4 Å². The zero-order chi connectivity index (χ0) is 40.3. The smallest absolute Gasteiger partial charge is 0.494 e. The number of sulfonamides is 1. The van der Waals surface area contributed by atoms with Crippen LogP contribution in [0.25, 0.3) is 10.8 Å². The highest BCUT2D eigenvalue weighted by Crippen LogP contribution is 2.51. The van der Waals surface area contributed by atoms with E-state index in [4.69, 9.17) is 9.47 Å². The van der Waals surface area contributed by atoms with Crippen LogP contribution in [0.5, 0.6) is 5.75 Å². The molecule has 292 valence electrons. The number of aliphatic hydroxyl groups is 1. The molecule has 0 fully saturated rings. The normalized spacial score (nSPS) is 13.3. The lowest BCUT2D eigenvalue weighted by atomic mass is 10.1. The molecule has 0 spiro atoms. The van der Waals surface area contributed by atoms with Crippen LogP contribution in [-0.2, 0) is 28.7 Å². The average Bonchev–Trinajstić information content (AvgIpc) is 3.16. The van der Waals surface area contributed by atoms with Gasteiger partial charge >= 0.3 is 27.1 Å². The molecule has 4 aromatic carbocycles. The molecule has 0 aliphatic heterocycles. The van der Waals surface area contributed by atoms with Gasteiger partial charge in [0.2, 0.25) is 0 Å². The Morgan fingerprint density at radius 3 is 2.22 bits per heavy atom. The fourth-order valence-corrected chi connectivity index (χ4v) is 7.89. The monoisotopic (exact) mass is 815 g/mol. The molecule has 0 bridgehead atoms. The van der Waals surface area contributed by atoms with Gasteiger partial charge in [0, 0.05) is 50.7 Å². The summed E-state index contributed by atoms with van der Waals surface area (Å²) in [4.78, 5) is 47.1. The number of amides is 1. The van der Waals surface area contributed by atoms with Crippen LogP contribution in [0, 0.1) is 0 Å². The fraction of sp³-hybridized carbons (Fsp3) is 0.306. The standard InChI is InChI=1S/C36H41N5O11P2S/c1-39(2)32-13-6-12-31-30(32)11-7-14-33(31)55(49,50)41(4)28-17-15-27(16-18-28)35(43)52-25-34(42)38-37-24-26-9-5-10-29(23-26)51-22-8-20-40(3)21-19-36(44,53(45)46)54(47)48/h5-7,9-18,23-24,44H,8,19-22,25H2,1-4H3,(H-2,38,42,45,46,47,48)/p+2/b37-24+. The Balaban J connectivity index is 1.23. The van der Waals surface area contributed by atoms with Crippen molar-refractivity contribution in [3.8, 4) is 5.75 Å². The highest BCUT2D eigenvalue weighted by Gasteiger charge is 2.66. The number of benzene rings is 4. The summed E-state index contributed by atoms with van der Waals surface area (Å²) in [5.41, 5.74) is 4.20. The average molecular weight is 816 g/mol. The van der Waals surface area contributed by atoms with E-state index >= 15 is 0 Å². The number of hydrogen-bond acceptors (Lipinski definition) is 12. The predicted molar refractivity (Wildman–Crippen MR) is 210 cm³/mol. The molecule has 0 aliphatic rings. The molecule has 4 aromatic rings. The molecule has 4 N–H and O–H groups in total. The largest absolute Gasteiger partial charge is 0.600 e. The van der Waals surface area contributed by atoms with Gasteiger partial charge in [0.15, 0.2) is 6.61 Å². The summed E-state index contributed by atoms with van der Waals surface area (Å²) in [6, 6.07) is 23.2. The summed E-state index contributed by atoms with van der Waals surface area (Å²) >= 11 is 0. The van der Waals surface area contributed by atoms with Crippen LogP contribution in [0.1, 0.15) is 28.8 Å². The Labute approximate surface area is 320 Å². The predicted octanol–water partition coefficient (Wildman–Crippen LogP) is 4.24. The molecule has 0 heterocycles. The maximum atomic E-state index is 13.7. The Morgan fingerprint density at radius 2 is 1.55 bits per heavy atom. The molecular formula is C36H43N5O11P2S+2. The minimum absolute atomic E-state index is 0.113. The quantitative estimate of drug-likeness (QED) is 0.0343. The van der Waals surface area contributed by atoms with E-state index in [9.17, 15) is 42.0 Å². The Kier molecular flexibility index (Phi) is 14.9. The van der Waals surface area contributed by atoms with E-state index < -0.39 is 49.6 Å². The number of anilines is 2. The van der Waals surface area contributed by atoms with Gasteiger partial charge in [-0.15, -0.1) is 0 Å². The van der Waals surface area contributed by atoms with Gasteiger partial charge < -0.3 is 24.4 Å². The Hall–Kier alpha value is -4.86. The molecule has 55 heavy (non-hydrogen) atoms. The van der Waals surface area contributed by atoms with Gasteiger partial charge in [0.25, 0.3) is 15.9 Å². The number of hydrazone groups is 1. The number of ether oxygens (including phenoxy) is 2. The first-order chi connectivity index (χ1) is 26.0. The van der Waals surface area contributed by atoms with Gasteiger partial charge in [0.05, 0.1) is 35.4 Å². The van der Waals surface area contributed by atoms with Gasteiger partial charge in [-0.3, -0.25) is 9.10 Å². The summed E-state index contributed by atoms with van der Waals surface area (Å²) in [6.07, 6.45) is 1.57. The second-order valence-corrected chi connectivity index (χ2v) is 17.4. The van der Waals surface area contributed by atoms with E-state index in [1.165, 1.54) is 37.5 Å². The topological polar surface area (TPSA) is 216 Å². The lowest BCUT2D eigenvalue weighted by molar-refractivity contribution is -0.124. The molecule has 2 atom stereocenters. The van der Waals surface area contributed by atoms with Crippen molar-refractivity contribution in [2.75, 3.05) is 63.7 Å². The summed E-state index contributed by atoms with van der Waals surface area (Å²) < 4.78 is 62.0. The van der Waals surface area contributed by atoms with E-state index in [0.29, 0.717) is 42.0 Å². The number of fused-ring (bicyclic) bond motifs is 1. The Bertz CT molecular complexity index is 2160. The molecule has 0 radical (unpaired) electrons. The molecule has 0 saturated carbocycles. The number of carbonyl (C=O) groups excluding carboxylic acids is 2. The van der Waals surface area contributed by atoms with Crippen LogP contribution in [0.15, 0.2) is 94.9 Å². The summed E-state index contributed by atoms with van der Waals surface area (Å²) in [7, 11) is -3.58. The molecule has 19 heteroatoms. The van der Waals surface area contributed by atoms with Crippen molar-refractivity contribution in [3.63, 3.8) is 0 Å². The third kappa shape index (κ3) is 11.1. The number of nitrogens with one attached hydrogen (secondary N) is 1. The molecule has 4 rings (SSSR count). The second kappa shape index (κ2) is 19.1. The summed E-state index contributed by atoms with van der Waals surface area (Å²) in [5, 5.41) is 12.7. The number of hydrogen-bond donors (Lipinski definition) is 4. The van der Waals surface area contributed by atoms with Gasteiger partial charge in [0.1, 0.15) is 5.75 Å². The van der Waals surface area contributed by atoms with Crippen LogP contribution >= 0.6 is 16.1 Å². The second-order valence-electron chi connectivity index (χ2n) is 12.6. The third-order valence-electron chi connectivity index (χ3n) is 8.44. The van der Waals surface area contributed by atoms with Gasteiger partial charge in [-0.1, -0.05) is 36.4 Å². The maximum Gasteiger partial charge on any atom is 0.600 e. The molecule has 2 unspecified atom stereocenters. The highest BCUT2D eigenvalue weighted by atomic mass is 32.2. The van der Waals surface area contributed by atoms with Crippen molar-refractivity contribution in [3.05, 3.63) is 96.1 Å². The first-order valence-corrected chi connectivity index (χ1v) is 20.6. The lowest BCUT2D eigenvalue weighted by Gasteiger charge is -2.22. The van der Waals surface area contributed by atoms with Crippen molar-refractivity contribution in [2.24, 2.45) is 5.10 Å². The SMILES string of the molecule is CN(CCCOc1cccc(/C=N/NC(=O)COC(=O)c2ccc(N(C)S(=O)(=O)c3cccc4c(N(C)C)cccc34)cc2)c1)CCC(O)([P+](=O)O)[P+](=O)O. The third-order valence-corrected chi connectivity index (χ3v) is 13.0. The number of nitrogens with zero attached hydrogens (tertiary/aromatic N) is 4. The molecule has 0 saturated heterocycles. The maximum absolute atomic E-state index is 13.7. The van der Waals surface area contributed by atoms with E-state index in [0.717, 1.165) is 15.4 Å². The molecule has 1 amide bonds. The van der Waals surface area contributed by atoms with E-state index in [2.05, 4.69) is 10.5 Å². The van der Waals surface area contributed by atoms with Crippen LogP contribution in [0.4, 0.5) is 11.4 Å². The number of carbonyl (C=O) groups is 2. The molecule has 16 nitrogen and oxygen atoms in total. The molecular weight excluding hydrogens is 772 g/mol. The van der Waals surface area contributed by atoms with Crippen LogP contribution in [-0.4, -0.2) is 106 Å². The van der Waals surface area contributed by atoms with Gasteiger partial charge in [-0.2, -0.15) is 14.9 Å². The van der Waals surface area contributed by atoms with Crippen LogP contribution in [0.2, 0.25) is 0 Å². The molecule has 0 aliphatic carbocycles. The minimum Gasteiger partial charge on any atom is -0.494 e. The first-order valence-electron chi connectivity index (χ1n) is 16.8. The summed E-state index contributed by atoms with van der Waals surface area (Å²) in [6.45, 7) is 0.287. The van der Waals surface area contributed by atoms with Crippen molar-refractivity contribution in [2.45, 2.75) is 22.8 Å². The Morgan fingerprint density at radius 1 is 0.891 bits per heavy atom.